The third-order valence-corrected chi connectivity index (χ3v) is 4.82. The highest BCUT2D eigenvalue weighted by Crippen LogP contribution is 2.23. The van der Waals surface area contributed by atoms with Crippen molar-refractivity contribution in [2.24, 2.45) is 10.2 Å². The van der Waals surface area contributed by atoms with Crippen LogP contribution in [0.25, 0.3) is 0 Å². The van der Waals surface area contributed by atoms with Crippen LogP contribution < -0.4 is 10.1 Å². The van der Waals surface area contributed by atoms with Crippen LogP contribution in [0.3, 0.4) is 0 Å². The molecule has 5 nitrogen and oxygen atoms in total. The van der Waals surface area contributed by atoms with Crippen LogP contribution >= 0.6 is 11.8 Å². The lowest BCUT2D eigenvalue weighted by atomic mass is 10.1. The zero-order valence-corrected chi connectivity index (χ0v) is 15.4. The van der Waals surface area contributed by atoms with E-state index in [2.05, 4.69) is 22.4 Å². The number of carbonyl (C=O) groups is 1. The van der Waals surface area contributed by atoms with Gasteiger partial charge in [0.05, 0.1) is 18.1 Å². The highest BCUT2D eigenvalue weighted by molar-refractivity contribution is 8.15. The molecule has 0 saturated carbocycles. The third-order valence-electron chi connectivity index (χ3n) is 3.75. The molecule has 1 amide bonds. The zero-order chi connectivity index (χ0) is 18.2. The first-order valence-electron chi connectivity index (χ1n) is 8.60. The topological polar surface area (TPSA) is 63.1 Å². The van der Waals surface area contributed by atoms with E-state index < -0.39 is 0 Å². The van der Waals surface area contributed by atoms with Crippen molar-refractivity contribution in [2.75, 3.05) is 6.61 Å². The lowest BCUT2D eigenvalue weighted by molar-refractivity contribution is -0.118. The van der Waals surface area contributed by atoms with Gasteiger partial charge in [-0.2, -0.15) is 5.10 Å². The smallest absolute Gasteiger partial charge is 0.239 e. The molecule has 2 aromatic carbocycles. The molecule has 0 aromatic heterocycles. The number of ether oxygens (including phenoxy) is 1. The van der Waals surface area contributed by atoms with Crippen molar-refractivity contribution in [3.8, 4) is 5.75 Å². The van der Waals surface area contributed by atoms with Gasteiger partial charge in [-0.1, -0.05) is 49.0 Å². The molecule has 26 heavy (non-hydrogen) atoms. The van der Waals surface area contributed by atoms with Crippen LogP contribution in [0.15, 0.2) is 64.8 Å². The van der Waals surface area contributed by atoms with Crippen LogP contribution in [0.5, 0.6) is 5.75 Å². The molecular weight excluding hydrogens is 346 g/mol. The van der Waals surface area contributed by atoms with Crippen LogP contribution in [-0.2, 0) is 11.2 Å². The van der Waals surface area contributed by atoms with Crippen molar-refractivity contribution in [3.05, 3.63) is 65.7 Å². The largest absolute Gasteiger partial charge is 0.494 e. The number of rotatable bonds is 7. The van der Waals surface area contributed by atoms with E-state index in [1.807, 2.05) is 54.6 Å². The molecule has 1 saturated heterocycles. The maximum Gasteiger partial charge on any atom is 0.239 e. The Kier molecular flexibility index (Phi) is 6.44. The summed E-state index contributed by atoms with van der Waals surface area (Å²) in [7, 11) is 0. The minimum Gasteiger partial charge on any atom is -0.494 e. The minimum atomic E-state index is -0.165. The summed E-state index contributed by atoms with van der Waals surface area (Å²) in [5, 5.41) is 11.4. The summed E-state index contributed by atoms with van der Waals surface area (Å²) in [5.74, 6) is 0.822. The number of hydrogen-bond acceptors (Lipinski definition) is 5. The predicted octanol–water partition coefficient (Wildman–Crippen LogP) is 3.64. The van der Waals surface area contributed by atoms with E-state index in [0.29, 0.717) is 18.2 Å². The van der Waals surface area contributed by atoms with Gasteiger partial charge in [-0.15, -0.1) is 5.10 Å². The summed E-state index contributed by atoms with van der Waals surface area (Å²) < 4.78 is 5.55. The van der Waals surface area contributed by atoms with Crippen molar-refractivity contribution in [3.63, 3.8) is 0 Å². The predicted molar refractivity (Wildman–Crippen MR) is 107 cm³/mol. The monoisotopic (exact) mass is 367 g/mol. The molecular formula is C20H21N3O2S. The molecule has 1 aliphatic rings. The second kappa shape index (κ2) is 9.20. The van der Waals surface area contributed by atoms with Gasteiger partial charge in [0.2, 0.25) is 5.91 Å². The molecule has 1 unspecified atom stereocenters. The molecule has 3 rings (SSSR count). The summed E-state index contributed by atoms with van der Waals surface area (Å²) in [6.07, 6.45) is 3.32. The van der Waals surface area contributed by atoms with Gasteiger partial charge >= 0.3 is 0 Å². The van der Waals surface area contributed by atoms with Crippen molar-refractivity contribution in [1.82, 2.24) is 5.32 Å². The average Bonchev–Trinajstić information content (AvgIpc) is 3.01. The fourth-order valence-corrected chi connectivity index (χ4v) is 3.40. The summed E-state index contributed by atoms with van der Waals surface area (Å²) >= 11 is 1.42. The van der Waals surface area contributed by atoms with Crippen LogP contribution in [0.4, 0.5) is 0 Å². The summed E-state index contributed by atoms with van der Waals surface area (Å²) in [6, 6.07) is 17.6. The van der Waals surface area contributed by atoms with E-state index in [-0.39, 0.29) is 11.2 Å². The van der Waals surface area contributed by atoms with E-state index in [9.17, 15) is 4.79 Å². The highest BCUT2D eigenvalue weighted by atomic mass is 32.2. The van der Waals surface area contributed by atoms with Gasteiger partial charge in [-0.05, 0) is 48.2 Å². The SMILES string of the molecule is CCCOc1ccc(C=N/N=C2\NC(=O)C(Cc3ccccc3)S2)cc1. The molecule has 2 aromatic rings. The maximum absolute atomic E-state index is 12.1. The maximum atomic E-state index is 12.1. The first kappa shape index (κ1) is 18.2. The Labute approximate surface area is 157 Å². The van der Waals surface area contributed by atoms with E-state index in [1.54, 1.807) is 6.21 Å². The van der Waals surface area contributed by atoms with Gasteiger partial charge in [0.15, 0.2) is 5.17 Å². The lowest BCUT2D eigenvalue weighted by Gasteiger charge is -2.04. The summed E-state index contributed by atoms with van der Waals surface area (Å²) in [5.41, 5.74) is 2.06. The van der Waals surface area contributed by atoms with Gasteiger partial charge in [-0.3, -0.25) is 4.79 Å². The van der Waals surface area contributed by atoms with E-state index in [0.717, 1.165) is 23.3 Å². The normalized spacial score (nSPS) is 18.4. The number of nitrogens with one attached hydrogen (secondary N) is 1. The number of thioether (sulfide) groups is 1. The molecule has 1 N–H and O–H groups in total. The van der Waals surface area contributed by atoms with Crippen LogP contribution in [0.2, 0.25) is 0 Å². The third kappa shape index (κ3) is 5.20. The second-order valence-electron chi connectivity index (χ2n) is 5.85. The van der Waals surface area contributed by atoms with E-state index in [1.165, 1.54) is 11.8 Å². The standard InChI is InChI=1S/C20H21N3O2S/c1-2-12-25-17-10-8-16(9-11-17)14-21-23-20-22-19(24)18(26-20)13-15-6-4-3-5-7-15/h3-11,14,18H,2,12-13H2,1H3,(H,22,23,24). The number of nitrogens with zero attached hydrogens (tertiary/aromatic N) is 2. The first-order chi connectivity index (χ1) is 12.7. The molecule has 1 aliphatic heterocycles. The van der Waals surface area contributed by atoms with Gasteiger partial charge in [0.1, 0.15) is 5.75 Å². The van der Waals surface area contributed by atoms with Crippen molar-refractivity contribution in [2.45, 2.75) is 25.0 Å². The summed E-state index contributed by atoms with van der Waals surface area (Å²) in [6.45, 7) is 2.78. The number of hydrogen-bond donors (Lipinski definition) is 1. The van der Waals surface area contributed by atoms with Crippen LogP contribution in [-0.4, -0.2) is 29.1 Å². The fourth-order valence-electron chi connectivity index (χ4n) is 2.43. The molecule has 0 spiro atoms. The Morgan fingerprint density at radius 3 is 2.65 bits per heavy atom. The Bertz CT molecular complexity index is 788. The Hall–Kier alpha value is -2.60. The molecule has 134 valence electrons. The van der Waals surface area contributed by atoms with Gasteiger partial charge in [0, 0.05) is 0 Å². The molecule has 6 heteroatoms. The van der Waals surface area contributed by atoms with E-state index in [4.69, 9.17) is 4.74 Å². The molecule has 0 bridgehead atoms. The van der Waals surface area contributed by atoms with Crippen molar-refractivity contribution < 1.29 is 9.53 Å². The fraction of sp³-hybridized carbons (Fsp3) is 0.250. The van der Waals surface area contributed by atoms with Crippen molar-refractivity contribution >= 4 is 29.1 Å². The Morgan fingerprint density at radius 2 is 1.92 bits per heavy atom. The second-order valence-corrected chi connectivity index (χ2v) is 7.04. The molecule has 1 fully saturated rings. The molecule has 1 heterocycles. The Morgan fingerprint density at radius 1 is 1.15 bits per heavy atom. The van der Waals surface area contributed by atoms with Crippen molar-refractivity contribution in [1.29, 1.82) is 0 Å². The van der Waals surface area contributed by atoms with Gasteiger partial charge in [-0.25, -0.2) is 0 Å². The number of amidine groups is 1. The molecule has 0 aliphatic carbocycles. The average molecular weight is 367 g/mol. The van der Waals surface area contributed by atoms with Crippen LogP contribution in [0, 0.1) is 0 Å². The number of amides is 1. The molecule has 0 radical (unpaired) electrons. The summed E-state index contributed by atoms with van der Waals surface area (Å²) in [4.78, 5) is 12.1. The highest BCUT2D eigenvalue weighted by Gasteiger charge is 2.30. The number of benzene rings is 2. The number of carbonyl (C=O) groups excluding carboxylic acids is 1. The minimum absolute atomic E-state index is 0.0229. The quantitative estimate of drug-likeness (QED) is 0.600. The first-order valence-corrected chi connectivity index (χ1v) is 9.48. The lowest BCUT2D eigenvalue weighted by Crippen LogP contribution is -2.25. The zero-order valence-electron chi connectivity index (χ0n) is 14.6. The van der Waals surface area contributed by atoms with Gasteiger partial charge in [0.25, 0.3) is 0 Å². The van der Waals surface area contributed by atoms with Gasteiger partial charge < -0.3 is 10.1 Å². The van der Waals surface area contributed by atoms with Crippen LogP contribution in [0.1, 0.15) is 24.5 Å². The molecule has 1 atom stereocenters. The Balaban J connectivity index is 1.55. The van der Waals surface area contributed by atoms with E-state index >= 15 is 0 Å².